The Morgan fingerprint density at radius 1 is 0.611 bits per heavy atom. The molecular formula is C12H18Cl4S2. The lowest BCUT2D eigenvalue weighted by Crippen LogP contribution is -2.07. The summed E-state index contributed by atoms with van der Waals surface area (Å²) in [5.74, 6) is 0. The highest BCUT2D eigenvalue weighted by Gasteiger charge is 2.20. The molecule has 0 spiro atoms. The first-order valence-corrected chi connectivity index (χ1v) is 8.47. The van der Waals surface area contributed by atoms with Crippen molar-refractivity contribution in [3.05, 3.63) is 18.8 Å². The third-order valence-electron chi connectivity index (χ3n) is 1.33. The molecule has 0 heterocycles. The summed E-state index contributed by atoms with van der Waals surface area (Å²) in [5, 5.41) is 0.611. The lowest BCUT2D eigenvalue weighted by atomic mass is 10.3. The smallest absolute Gasteiger partial charge is 0.0942 e. The van der Waals surface area contributed by atoms with Crippen molar-refractivity contribution in [2.75, 3.05) is 0 Å². The van der Waals surface area contributed by atoms with Crippen molar-refractivity contribution in [3.8, 4) is 0 Å². The molecule has 0 aliphatic rings. The van der Waals surface area contributed by atoms with E-state index in [1.165, 1.54) is 23.5 Å². The molecule has 18 heavy (non-hydrogen) atoms. The Hall–Kier alpha value is 1.34. The van der Waals surface area contributed by atoms with Crippen molar-refractivity contribution >= 4 is 69.9 Å². The molecule has 0 aliphatic carbocycles. The van der Waals surface area contributed by atoms with Crippen molar-refractivity contribution in [1.82, 2.24) is 0 Å². The number of halogens is 4. The van der Waals surface area contributed by atoms with E-state index in [9.17, 15) is 0 Å². The van der Waals surface area contributed by atoms with Gasteiger partial charge in [0.15, 0.2) is 0 Å². The predicted octanol–water partition coefficient (Wildman–Crippen LogP) is 7.34. The van der Waals surface area contributed by atoms with Crippen molar-refractivity contribution in [1.29, 1.82) is 0 Å². The van der Waals surface area contributed by atoms with Gasteiger partial charge < -0.3 is 0 Å². The Kier molecular flexibility index (Phi) is 7.93. The normalized spacial score (nSPS) is 16.3. The van der Waals surface area contributed by atoms with Gasteiger partial charge in [-0.25, -0.2) is 0 Å². The number of allylic oxidation sites excluding steroid dienone is 2. The average Bonchev–Trinajstić information content (AvgIpc) is 2.09. The molecule has 0 aromatic carbocycles. The number of thioether (sulfide) groups is 2. The van der Waals surface area contributed by atoms with E-state index in [1.807, 2.05) is 41.5 Å². The summed E-state index contributed by atoms with van der Waals surface area (Å²) in [6, 6.07) is 0. The molecule has 106 valence electrons. The van der Waals surface area contributed by atoms with E-state index < -0.39 is 0 Å². The molecule has 0 aromatic heterocycles. The number of hydrogen-bond donors (Lipinski definition) is 0. The van der Waals surface area contributed by atoms with Gasteiger partial charge in [0, 0.05) is 9.49 Å². The maximum atomic E-state index is 6.15. The summed E-state index contributed by atoms with van der Waals surface area (Å²) < 4.78 is 0.861. The van der Waals surface area contributed by atoms with E-state index in [4.69, 9.17) is 46.4 Å². The molecule has 0 rings (SSSR count). The highest BCUT2D eigenvalue weighted by atomic mass is 35.5. The van der Waals surface area contributed by atoms with Crippen LogP contribution in [0.2, 0.25) is 0 Å². The monoisotopic (exact) mass is 366 g/mol. The Bertz CT molecular complexity index is 323. The topological polar surface area (TPSA) is 0 Å². The summed E-state index contributed by atoms with van der Waals surface area (Å²) in [7, 11) is 0. The fourth-order valence-corrected chi connectivity index (χ4v) is 4.47. The maximum Gasteiger partial charge on any atom is 0.0942 e. The van der Waals surface area contributed by atoms with Gasteiger partial charge in [0.2, 0.25) is 0 Å². The molecule has 0 N–H and O–H groups in total. The molecule has 0 nitrogen and oxygen atoms in total. The van der Waals surface area contributed by atoms with Crippen LogP contribution in [0.15, 0.2) is 18.8 Å². The van der Waals surface area contributed by atoms with Crippen LogP contribution in [0.25, 0.3) is 0 Å². The van der Waals surface area contributed by atoms with Crippen molar-refractivity contribution < 1.29 is 0 Å². The number of rotatable bonds is 3. The Morgan fingerprint density at radius 3 is 1.00 bits per heavy atom. The Balaban J connectivity index is 5.13. The first kappa shape index (κ1) is 19.3. The Labute approximate surface area is 139 Å². The van der Waals surface area contributed by atoms with Crippen molar-refractivity contribution in [2.45, 2.75) is 51.0 Å². The molecule has 0 amide bonds. The van der Waals surface area contributed by atoms with Gasteiger partial charge in [0.05, 0.1) is 18.8 Å². The second-order valence-corrected chi connectivity index (χ2v) is 11.2. The molecule has 0 radical (unpaired) electrons. The van der Waals surface area contributed by atoms with Gasteiger partial charge in [0.1, 0.15) is 0 Å². The molecule has 6 heteroatoms. The minimum Gasteiger partial charge on any atom is -0.106 e. The summed E-state index contributed by atoms with van der Waals surface area (Å²) >= 11 is 27.5. The maximum absolute atomic E-state index is 6.15. The fraction of sp³-hybridized carbons (Fsp3) is 0.667. The largest absolute Gasteiger partial charge is 0.106 e. The second-order valence-electron chi connectivity index (χ2n) is 5.60. The zero-order chi connectivity index (χ0) is 14.7. The van der Waals surface area contributed by atoms with Crippen LogP contribution in [0.1, 0.15) is 41.5 Å². The van der Waals surface area contributed by atoms with Gasteiger partial charge in [0.25, 0.3) is 0 Å². The van der Waals surface area contributed by atoms with Gasteiger partial charge in [-0.1, -0.05) is 87.9 Å². The highest BCUT2D eigenvalue weighted by Crippen LogP contribution is 2.44. The third kappa shape index (κ3) is 8.50. The average molecular weight is 368 g/mol. The number of hydrogen-bond acceptors (Lipinski definition) is 2. The summed E-state index contributed by atoms with van der Waals surface area (Å²) in [5.41, 5.74) is 0. The van der Waals surface area contributed by atoms with Gasteiger partial charge in [-0.15, -0.1) is 23.5 Å². The van der Waals surface area contributed by atoms with Gasteiger partial charge in [-0.2, -0.15) is 0 Å². The van der Waals surface area contributed by atoms with Gasteiger partial charge >= 0.3 is 0 Å². The molecule has 0 aromatic rings. The SMILES string of the molecule is CC(C)(C)S/C(Cl)=C(Cl)\C(Cl)=C(\Cl)SC(C)(C)C. The molecule has 0 fully saturated rings. The van der Waals surface area contributed by atoms with Crippen LogP contribution in [0, 0.1) is 0 Å². The van der Waals surface area contributed by atoms with E-state index in [0.717, 1.165) is 0 Å². The van der Waals surface area contributed by atoms with Crippen LogP contribution in [0.5, 0.6) is 0 Å². The highest BCUT2D eigenvalue weighted by molar-refractivity contribution is 8.06. The molecule has 0 aliphatic heterocycles. The van der Waals surface area contributed by atoms with Crippen LogP contribution < -0.4 is 0 Å². The van der Waals surface area contributed by atoms with Crippen LogP contribution in [0.3, 0.4) is 0 Å². The third-order valence-corrected chi connectivity index (χ3v) is 5.43. The van der Waals surface area contributed by atoms with E-state index in [0.29, 0.717) is 18.8 Å². The van der Waals surface area contributed by atoms with Crippen LogP contribution in [-0.2, 0) is 0 Å². The fourth-order valence-electron chi connectivity index (χ4n) is 0.800. The molecule has 0 atom stereocenters. The molecule has 0 bridgehead atoms. The Morgan fingerprint density at radius 2 is 0.833 bits per heavy atom. The quantitative estimate of drug-likeness (QED) is 0.478. The minimum atomic E-state index is -0.0297. The zero-order valence-corrected chi connectivity index (χ0v) is 16.0. The minimum absolute atomic E-state index is 0.0297. The summed E-state index contributed by atoms with van der Waals surface area (Å²) in [6.07, 6.45) is 0. The van der Waals surface area contributed by atoms with Crippen LogP contribution in [-0.4, -0.2) is 9.49 Å². The van der Waals surface area contributed by atoms with Gasteiger partial charge in [-0.05, 0) is 0 Å². The predicted molar refractivity (Wildman–Crippen MR) is 92.2 cm³/mol. The lowest BCUT2D eigenvalue weighted by molar-refractivity contribution is 0.806. The second kappa shape index (κ2) is 7.38. The summed E-state index contributed by atoms with van der Waals surface area (Å²) in [6.45, 7) is 12.3. The van der Waals surface area contributed by atoms with E-state index >= 15 is 0 Å². The first-order chi connectivity index (χ1) is 7.83. The molecule has 0 unspecified atom stereocenters. The molecular weight excluding hydrogens is 350 g/mol. The van der Waals surface area contributed by atoms with Crippen LogP contribution >= 0.6 is 69.9 Å². The van der Waals surface area contributed by atoms with E-state index in [-0.39, 0.29) is 9.49 Å². The molecule has 0 saturated heterocycles. The lowest BCUT2D eigenvalue weighted by Gasteiger charge is -2.19. The van der Waals surface area contributed by atoms with Crippen molar-refractivity contribution in [3.63, 3.8) is 0 Å². The zero-order valence-electron chi connectivity index (χ0n) is 11.3. The van der Waals surface area contributed by atoms with E-state index in [1.54, 1.807) is 0 Å². The van der Waals surface area contributed by atoms with Crippen molar-refractivity contribution in [2.24, 2.45) is 0 Å². The molecule has 0 saturated carbocycles. The van der Waals surface area contributed by atoms with Crippen LogP contribution in [0.4, 0.5) is 0 Å². The van der Waals surface area contributed by atoms with E-state index in [2.05, 4.69) is 0 Å². The van der Waals surface area contributed by atoms with Gasteiger partial charge in [-0.3, -0.25) is 0 Å². The summed E-state index contributed by atoms with van der Waals surface area (Å²) in [4.78, 5) is 0. The standard InChI is InChI=1S/C12H18Cl4S2/c1-11(2,3)17-9(15)7(13)8(14)10(16)18-12(4,5)6/h1-6H3/b9-7+,10-8+. The first-order valence-electron chi connectivity index (χ1n) is 5.32.